The first-order valence-electron chi connectivity index (χ1n) is 32.2. The average molecular weight is 1110 g/mol. The maximum Gasteiger partial charge on any atom is 0.119 e. The minimum atomic E-state index is 0.589. The second-order valence-electron chi connectivity index (χ2n) is 22.2. The summed E-state index contributed by atoms with van der Waals surface area (Å²) in [6, 6.07) is 33.8. The van der Waals surface area contributed by atoms with Gasteiger partial charge in [-0.15, -0.1) is 0 Å². The summed E-state index contributed by atoms with van der Waals surface area (Å²) in [4.78, 5) is 8.31. The van der Waals surface area contributed by atoms with Gasteiger partial charge < -0.3 is 28.1 Å². The lowest BCUT2D eigenvalue weighted by atomic mass is 9.94. The summed E-state index contributed by atoms with van der Waals surface area (Å²) in [7, 11) is 0. The van der Waals surface area contributed by atoms with E-state index in [1.165, 1.54) is 122 Å². The zero-order valence-corrected chi connectivity index (χ0v) is 50.6. The maximum absolute atomic E-state index is 6.31. The van der Waals surface area contributed by atoms with Crippen molar-refractivity contribution in [3.8, 4) is 46.7 Å². The van der Waals surface area contributed by atoms with Gasteiger partial charge in [0.2, 0.25) is 0 Å². The van der Waals surface area contributed by atoms with Crippen LogP contribution in [0.2, 0.25) is 0 Å². The number of ether oxygens (including phenoxy) is 4. The van der Waals surface area contributed by atoms with Gasteiger partial charge in [-0.3, -0.25) is 0 Å². The number of aromatic nitrogens is 4. The monoisotopic (exact) mass is 1110 g/mol. The highest BCUT2D eigenvalue weighted by molar-refractivity contribution is 6.04. The minimum absolute atomic E-state index is 0.589. The smallest absolute Gasteiger partial charge is 0.119 e. The van der Waals surface area contributed by atoms with E-state index in [4.69, 9.17) is 18.9 Å². The van der Waals surface area contributed by atoms with E-state index in [9.17, 15) is 0 Å². The molecule has 440 valence electrons. The van der Waals surface area contributed by atoms with Crippen LogP contribution in [0.25, 0.3) is 11.1 Å². The highest BCUT2D eigenvalue weighted by atomic mass is 16.5. The molecule has 8 nitrogen and oxygen atoms in total. The van der Waals surface area contributed by atoms with Crippen molar-refractivity contribution in [2.75, 3.05) is 26.4 Å². The van der Waals surface area contributed by atoms with Gasteiger partial charge in [0.05, 0.1) is 39.1 Å². The molecule has 0 radical (unpaired) electrons. The summed E-state index contributed by atoms with van der Waals surface area (Å²) < 4.78 is 29.2. The fraction of sp³-hybridized carbons (Fsp3) is 0.514. The molecule has 6 rings (SSSR count). The second kappa shape index (κ2) is 42.2. The molecule has 0 fully saturated rings. The Morgan fingerprint density at radius 2 is 0.622 bits per heavy atom. The molecule has 0 aliphatic heterocycles. The number of unbranched alkanes of at least 4 members (excludes halogenated alkanes) is 24. The van der Waals surface area contributed by atoms with Crippen LogP contribution in [-0.2, 0) is 25.9 Å². The Morgan fingerprint density at radius 3 is 0.915 bits per heavy atom. The summed E-state index contributed by atoms with van der Waals surface area (Å²) in [5.41, 5.74) is 6.06. The summed E-state index contributed by atoms with van der Waals surface area (Å²) in [6.45, 7) is 9.46. The Hall–Kier alpha value is -6.64. The standard InChI is InChI=1S/C74H100N4O4/c1-3-5-7-9-11-13-15-17-21-27-59-79-69-45-37-65(38-46-69)33-31-36-74(68-43-51-72(52-44-68)82-62-30-24-20-26-56-78-58-54-76-64-78)73(67-41-49-71(50-42-67)81-60-28-22-18-16-14-12-10-8-6-4-2)35-32-34-66-39-47-70(48-40-66)80-61-29-23-19-25-55-77-57-53-75-63-77/h37-54,57-58,63-64H,3-30,33-34,55-56,59-62H2,1-2H3/b74-73+. The Balaban J connectivity index is 1.13. The molecular weight excluding hydrogens is 1010 g/mol. The molecule has 0 N–H and O–H groups in total. The zero-order valence-electron chi connectivity index (χ0n) is 50.6. The van der Waals surface area contributed by atoms with Gasteiger partial charge in [0.1, 0.15) is 23.0 Å². The molecule has 0 atom stereocenters. The van der Waals surface area contributed by atoms with Gasteiger partial charge in [-0.25, -0.2) is 9.97 Å². The van der Waals surface area contributed by atoms with Crippen molar-refractivity contribution in [3.05, 3.63) is 157 Å². The summed E-state index contributed by atoms with van der Waals surface area (Å²) in [5, 5.41) is 0. The molecule has 8 heteroatoms. The molecule has 0 bridgehead atoms. The number of benzene rings is 4. The first-order chi connectivity index (χ1) is 40.7. The third kappa shape index (κ3) is 27.9. The predicted molar refractivity (Wildman–Crippen MR) is 343 cm³/mol. The molecule has 0 amide bonds. The Kier molecular flexibility index (Phi) is 33.2. The molecule has 4 aromatic carbocycles. The van der Waals surface area contributed by atoms with Crippen LogP contribution >= 0.6 is 0 Å². The Bertz CT molecular complexity index is 2670. The van der Waals surface area contributed by atoms with Crippen molar-refractivity contribution in [3.63, 3.8) is 0 Å². The molecule has 0 unspecified atom stereocenters. The van der Waals surface area contributed by atoms with Crippen LogP contribution in [-0.4, -0.2) is 45.5 Å². The van der Waals surface area contributed by atoms with Crippen molar-refractivity contribution in [1.29, 1.82) is 0 Å². The topological polar surface area (TPSA) is 72.6 Å². The van der Waals surface area contributed by atoms with Gasteiger partial charge in [-0.05, 0) is 109 Å². The van der Waals surface area contributed by atoms with Crippen LogP contribution in [0.3, 0.4) is 0 Å². The first-order valence-corrected chi connectivity index (χ1v) is 32.2. The van der Waals surface area contributed by atoms with E-state index < -0.39 is 0 Å². The van der Waals surface area contributed by atoms with Gasteiger partial charge in [0.15, 0.2) is 0 Å². The fourth-order valence-electron chi connectivity index (χ4n) is 10.1. The van der Waals surface area contributed by atoms with Crippen LogP contribution in [0.4, 0.5) is 0 Å². The number of nitrogens with zero attached hydrogens (tertiary/aromatic N) is 4. The van der Waals surface area contributed by atoms with Crippen LogP contribution < -0.4 is 18.9 Å². The van der Waals surface area contributed by atoms with Crippen molar-refractivity contribution in [2.24, 2.45) is 0 Å². The van der Waals surface area contributed by atoms with E-state index in [2.05, 4.69) is 154 Å². The van der Waals surface area contributed by atoms with E-state index in [-0.39, 0.29) is 0 Å². The SMILES string of the molecule is CCCCCCCCCCCCOc1ccc(CC#C/C(=C(/C#CCc2ccc(OCCCCCCn3ccnc3)cc2)c2ccc(OCCCCCCCCCCCC)cc2)c2ccc(OCCCCCCn3ccnc3)cc2)cc1. The van der Waals surface area contributed by atoms with E-state index in [0.717, 1.165) is 140 Å². The lowest BCUT2D eigenvalue weighted by molar-refractivity contribution is 0.304. The highest BCUT2D eigenvalue weighted by Gasteiger charge is 2.11. The number of hydrogen-bond acceptors (Lipinski definition) is 6. The third-order valence-electron chi connectivity index (χ3n) is 15.2. The van der Waals surface area contributed by atoms with Gasteiger partial charge >= 0.3 is 0 Å². The van der Waals surface area contributed by atoms with E-state index >= 15 is 0 Å². The van der Waals surface area contributed by atoms with Gasteiger partial charge in [0, 0.05) is 61.9 Å². The molecule has 2 heterocycles. The molecule has 0 saturated heterocycles. The summed E-state index contributed by atoms with van der Waals surface area (Å²) in [5.74, 6) is 18.0. The number of allylic oxidation sites excluding steroid dienone is 2. The molecule has 2 aromatic heterocycles. The van der Waals surface area contributed by atoms with E-state index in [0.29, 0.717) is 26.1 Å². The lowest BCUT2D eigenvalue weighted by Gasteiger charge is -2.11. The normalized spacial score (nSPS) is 11.3. The van der Waals surface area contributed by atoms with Gasteiger partial charge in [0.25, 0.3) is 0 Å². The Morgan fingerprint density at radius 1 is 0.341 bits per heavy atom. The number of aryl methyl sites for hydroxylation is 2. The maximum atomic E-state index is 6.31. The lowest BCUT2D eigenvalue weighted by Crippen LogP contribution is -1.99. The molecule has 6 aromatic rings. The van der Waals surface area contributed by atoms with Crippen molar-refractivity contribution < 1.29 is 18.9 Å². The van der Waals surface area contributed by atoms with Crippen LogP contribution in [0.15, 0.2) is 135 Å². The van der Waals surface area contributed by atoms with Gasteiger partial charge in [-0.2, -0.15) is 0 Å². The molecular formula is C74H100N4O4. The molecule has 0 saturated carbocycles. The van der Waals surface area contributed by atoms with E-state index in [1.807, 2.05) is 37.4 Å². The third-order valence-corrected chi connectivity index (χ3v) is 15.2. The number of rotatable bonds is 44. The van der Waals surface area contributed by atoms with Crippen LogP contribution in [0.5, 0.6) is 23.0 Å². The van der Waals surface area contributed by atoms with Crippen LogP contribution in [0, 0.1) is 23.7 Å². The minimum Gasteiger partial charge on any atom is -0.494 e. The number of imidazole rings is 2. The first kappa shape index (κ1) is 64.5. The molecule has 0 spiro atoms. The zero-order chi connectivity index (χ0) is 57.0. The largest absolute Gasteiger partial charge is 0.494 e. The summed E-state index contributed by atoms with van der Waals surface area (Å²) >= 11 is 0. The summed E-state index contributed by atoms with van der Waals surface area (Å²) in [6.07, 6.45) is 47.8. The van der Waals surface area contributed by atoms with Crippen molar-refractivity contribution in [1.82, 2.24) is 19.1 Å². The molecule has 0 aliphatic rings. The van der Waals surface area contributed by atoms with Crippen molar-refractivity contribution in [2.45, 2.75) is 220 Å². The highest BCUT2D eigenvalue weighted by Crippen LogP contribution is 2.30. The average Bonchev–Trinajstić information content (AvgIpc) is 4.28. The molecule has 82 heavy (non-hydrogen) atoms. The fourth-order valence-corrected chi connectivity index (χ4v) is 10.1. The number of hydrogen-bond donors (Lipinski definition) is 0. The Labute approximate surface area is 496 Å². The molecule has 0 aliphatic carbocycles. The van der Waals surface area contributed by atoms with Gasteiger partial charge in [-0.1, -0.05) is 227 Å². The second-order valence-corrected chi connectivity index (χ2v) is 22.2. The predicted octanol–water partition coefficient (Wildman–Crippen LogP) is 19.4. The quantitative estimate of drug-likeness (QED) is 0.0216. The van der Waals surface area contributed by atoms with E-state index in [1.54, 1.807) is 0 Å². The van der Waals surface area contributed by atoms with Crippen molar-refractivity contribution >= 4 is 11.1 Å². The van der Waals surface area contributed by atoms with Crippen LogP contribution in [0.1, 0.15) is 216 Å².